The zero-order valence-corrected chi connectivity index (χ0v) is 10.5. The molecule has 0 fully saturated rings. The number of rotatable bonds is 5. The Kier molecular flexibility index (Phi) is 4.39. The molecule has 0 saturated carbocycles. The molecule has 2 aromatic heterocycles. The third-order valence-corrected chi connectivity index (χ3v) is 2.46. The monoisotopic (exact) mass is 258 g/mol. The van der Waals surface area contributed by atoms with Crippen molar-refractivity contribution in [1.29, 1.82) is 0 Å². The predicted octanol–water partition coefficient (Wildman–Crippen LogP) is 1.31. The highest BCUT2D eigenvalue weighted by atomic mass is 16.5. The second kappa shape index (κ2) is 6.44. The van der Waals surface area contributed by atoms with Gasteiger partial charge in [-0.3, -0.25) is 4.98 Å². The average Bonchev–Trinajstić information content (AvgIpc) is 2.48. The van der Waals surface area contributed by atoms with Gasteiger partial charge in [-0.25, -0.2) is 14.8 Å². The second-order valence-electron chi connectivity index (χ2n) is 3.78. The summed E-state index contributed by atoms with van der Waals surface area (Å²) < 4.78 is 4.54. The number of pyridine rings is 1. The number of aromatic nitrogens is 3. The molecule has 1 N–H and O–H groups in total. The summed E-state index contributed by atoms with van der Waals surface area (Å²) in [5, 5.41) is 3.11. The van der Waals surface area contributed by atoms with Crippen LogP contribution in [0.3, 0.4) is 0 Å². The number of carbonyl (C=O) groups excluding carboxylic acids is 1. The number of hydrogen-bond donors (Lipinski definition) is 1. The highest BCUT2D eigenvalue weighted by molar-refractivity contribution is 5.86. The van der Waals surface area contributed by atoms with Crippen LogP contribution in [-0.2, 0) is 11.2 Å². The van der Waals surface area contributed by atoms with Crippen LogP contribution in [0.2, 0.25) is 0 Å². The minimum Gasteiger partial charge on any atom is -0.464 e. The largest absolute Gasteiger partial charge is 0.464 e. The Morgan fingerprint density at radius 3 is 2.79 bits per heavy atom. The molecule has 2 aromatic rings. The maximum absolute atomic E-state index is 11.2. The predicted molar refractivity (Wildman–Crippen MR) is 69.8 cm³/mol. The molecular weight excluding hydrogens is 244 g/mol. The van der Waals surface area contributed by atoms with E-state index >= 15 is 0 Å². The molecule has 0 aromatic carbocycles. The molecule has 0 radical (unpaired) electrons. The lowest BCUT2D eigenvalue weighted by atomic mass is 10.3. The first-order valence-electron chi connectivity index (χ1n) is 5.84. The molecule has 98 valence electrons. The topological polar surface area (TPSA) is 77.0 Å². The summed E-state index contributed by atoms with van der Waals surface area (Å²) in [5.74, 6) is 0.121. The lowest BCUT2D eigenvalue weighted by Crippen LogP contribution is -2.09. The van der Waals surface area contributed by atoms with Crippen molar-refractivity contribution < 1.29 is 9.53 Å². The van der Waals surface area contributed by atoms with Crippen LogP contribution in [0.15, 0.2) is 36.8 Å². The van der Waals surface area contributed by atoms with Crippen LogP contribution >= 0.6 is 0 Å². The summed E-state index contributed by atoms with van der Waals surface area (Å²) in [6.45, 7) is 0.698. The maximum atomic E-state index is 11.2. The van der Waals surface area contributed by atoms with E-state index in [4.69, 9.17) is 0 Å². The molecule has 0 aliphatic carbocycles. The number of nitrogens with one attached hydrogen (secondary N) is 1. The molecule has 2 rings (SSSR count). The molecule has 0 aliphatic rings. The molecule has 2 heterocycles. The summed E-state index contributed by atoms with van der Waals surface area (Å²) in [7, 11) is 1.31. The molecule has 6 nitrogen and oxygen atoms in total. The highest BCUT2D eigenvalue weighted by Crippen LogP contribution is 2.03. The fourth-order valence-corrected chi connectivity index (χ4v) is 1.49. The first-order valence-corrected chi connectivity index (χ1v) is 5.84. The quantitative estimate of drug-likeness (QED) is 0.815. The van der Waals surface area contributed by atoms with Crippen LogP contribution in [0.4, 0.5) is 5.82 Å². The highest BCUT2D eigenvalue weighted by Gasteiger charge is 2.06. The number of esters is 1. The van der Waals surface area contributed by atoms with E-state index in [1.165, 1.54) is 19.5 Å². The van der Waals surface area contributed by atoms with E-state index in [0.29, 0.717) is 12.4 Å². The molecule has 0 saturated heterocycles. The maximum Gasteiger partial charge on any atom is 0.358 e. The fraction of sp³-hybridized carbons (Fsp3) is 0.231. The third-order valence-electron chi connectivity index (χ3n) is 2.46. The first-order chi connectivity index (χ1) is 9.29. The van der Waals surface area contributed by atoms with Gasteiger partial charge in [0.25, 0.3) is 0 Å². The van der Waals surface area contributed by atoms with Gasteiger partial charge < -0.3 is 10.1 Å². The third kappa shape index (κ3) is 3.74. The van der Waals surface area contributed by atoms with Crippen molar-refractivity contribution in [3.05, 3.63) is 48.2 Å². The SMILES string of the molecule is COC(=O)c1cnc(NCCc2ccccn2)cn1. The van der Waals surface area contributed by atoms with Crippen LogP contribution in [0.1, 0.15) is 16.2 Å². The normalized spacial score (nSPS) is 9.95. The van der Waals surface area contributed by atoms with E-state index in [2.05, 4.69) is 25.0 Å². The summed E-state index contributed by atoms with van der Waals surface area (Å²) in [6, 6.07) is 5.80. The van der Waals surface area contributed by atoms with Gasteiger partial charge in [-0.2, -0.15) is 0 Å². The molecule has 6 heteroatoms. The number of carbonyl (C=O) groups is 1. The smallest absolute Gasteiger partial charge is 0.358 e. The van der Waals surface area contributed by atoms with Crippen molar-refractivity contribution in [2.75, 3.05) is 19.0 Å². The number of ether oxygens (including phenoxy) is 1. The Bertz CT molecular complexity index is 528. The Morgan fingerprint density at radius 1 is 1.26 bits per heavy atom. The van der Waals surface area contributed by atoms with Gasteiger partial charge in [-0.1, -0.05) is 6.07 Å². The van der Waals surface area contributed by atoms with E-state index in [0.717, 1.165) is 12.1 Å². The van der Waals surface area contributed by atoms with Crippen molar-refractivity contribution in [3.8, 4) is 0 Å². The van der Waals surface area contributed by atoms with Crippen molar-refractivity contribution in [3.63, 3.8) is 0 Å². The van der Waals surface area contributed by atoms with Gasteiger partial charge in [-0.05, 0) is 12.1 Å². The average molecular weight is 258 g/mol. The Labute approximate surface area is 110 Å². The molecule has 0 unspecified atom stereocenters. The van der Waals surface area contributed by atoms with Gasteiger partial charge in [0.1, 0.15) is 5.82 Å². The Hall–Kier alpha value is -2.50. The van der Waals surface area contributed by atoms with Gasteiger partial charge >= 0.3 is 5.97 Å². The number of nitrogens with zero attached hydrogens (tertiary/aromatic N) is 3. The molecule has 0 amide bonds. The van der Waals surface area contributed by atoms with Crippen molar-refractivity contribution >= 4 is 11.8 Å². The minimum absolute atomic E-state index is 0.192. The van der Waals surface area contributed by atoms with Crippen molar-refractivity contribution in [2.45, 2.75) is 6.42 Å². The standard InChI is InChI=1S/C13H14N4O2/c1-19-13(18)11-8-17-12(9-16-11)15-7-5-10-4-2-3-6-14-10/h2-4,6,8-9H,5,7H2,1H3,(H,15,17). The zero-order chi connectivity index (χ0) is 13.5. The van der Waals surface area contributed by atoms with Gasteiger partial charge in [0, 0.05) is 24.9 Å². The minimum atomic E-state index is -0.493. The fourth-order valence-electron chi connectivity index (χ4n) is 1.49. The van der Waals surface area contributed by atoms with Crippen LogP contribution in [0.25, 0.3) is 0 Å². The molecule has 0 aliphatic heterocycles. The summed E-state index contributed by atoms with van der Waals surface area (Å²) in [6.07, 6.45) is 5.45. The van der Waals surface area contributed by atoms with Gasteiger partial charge in [-0.15, -0.1) is 0 Å². The lowest BCUT2D eigenvalue weighted by Gasteiger charge is -2.05. The summed E-state index contributed by atoms with van der Waals surface area (Å²) in [4.78, 5) is 23.4. The van der Waals surface area contributed by atoms with E-state index in [-0.39, 0.29) is 5.69 Å². The van der Waals surface area contributed by atoms with Crippen molar-refractivity contribution in [2.24, 2.45) is 0 Å². The van der Waals surface area contributed by atoms with Gasteiger partial charge in [0.15, 0.2) is 5.69 Å². The first kappa shape index (κ1) is 12.9. The van der Waals surface area contributed by atoms with E-state index in [1.807, 2.05) is 18.2 Å². The summed E-state index contributed by atoms with van der Waals surface area (Å²) >= 11 is 0. The number of anilines is 1. The van der Waals surface area contributed by atoms with Crippen LogP contribution < -0.4 is 5.32 Å². The molecule has 0 bridgehead atoms. The van der Waals surface area contributed by atoms with E-state index in [9.17, 15) is 4.79 Å². The van der Waals surface area contributed by atoms with Crippen LogP contribution in [0.5, 0.6) is 0 Å². The van der Waals surface area contributed by atoms with Gasteiger partial charge in [0.2, 0.25) is 0 Å². The Morgan fingerprint density at radius 2 is 2.16 bits per heavy atom. The van der Waals surface area contributed by atoms with Gasteiger partial charge in [0.05, 0.1) is 19.5 Å². The number of hydrogen-bond acceptors (Lipinski definition) is 6. The Balaban J connectivity index is 1.85. The van der Waals surface area contributed by atoms with E-state index in [1.54, 1.807) is 6.20 Å². The number of methoxy groups -OCH3 is 1. The second-order valence-corrected chi connectivity index (χ2v) is 3.78. The van der Waals surface area contributed by atoms with Crippen molar-refractivity contribution in [1.82, 2.24) is 15.0 Å². The lowest BCUT2D eigenvalue weighted by molar-refractivity contribution is 0.0593. The molecule has 19 heavy (non-hydrogen) atoms. The summed E-state index contributed by atoms with van der Waals surface area (Å²) in [5.41, 5.74) is 1.20. The van der Waals surface area contributed by atoms with Crippen LogP contribution in [0, 0.1) is 0 Å². The van der Waals surface area contributed by atoms with E-state index < -0.39 is 5.97 Å². The van der Waals surface area contributed by atoms with Crippen LogP contribution in [-0.4, -0.2) is 34.6 Å². The molecular formula is C13H14N4O2. The molecule has 0 spiro atoms. The zero-order valence-electron chi connectivity index (χ0n) is 10.5. The molecule has 0 atom stereocenters.